The average molecular weight is 284 g/mol. The Balaban J connectivity index is 1.56. The lowest BCUT2D eigenvalue weighted by molar-refractivity contribution is 0.0109. The van der Waals surface area contributed by atoms with Gasteiger partial charge in [-0.2, -0.15) is 0 Å². The molecule has 2 aliphatic heterocycles. The van der Waals surface area contributed by atoms with Gasteiger partial charge < -0.3 is 19.7 Å². The lowest BCUT2D eigenvalue weighted by atomic mass is 10.0. The van der Waals surface area contributed by atoms with Crippen molar-refractivity contribution in [1.82, 2.24) is 10.2 Å². The van der Waals surface area contributed by atoms with E-state index >= 15 is 0 Å². The van der Waals surface area contributed by atoms with E-state index in [9.17, 15) is 4.79 Å². The first-order valence-corrected chi connectivity index (χ1v) is 8.06. The maximum atomic E-state index is 11.6. The Bertz CT molecular complexity index is 285. The first-order chi connectivity index (χ1) is 9.79. The van der Waals surface area contributed by atoms with Gasteiger partial charge in [0.1, 0.15) is 0 Å². The Labute approximate surface area is 122 Å². The highest BCUT2D eigenvalue weighted by molar-refractivity contribution is 5.67. The van der Waals surface area contributed by atoms with Gasteiger partial charge in [-0.3, -0.25) is 0 Å². The molecule has 0 aromatic heterocycles. The van der Waals surface area contributed by atoms with E-state index in [4.69, 9.17) is 9.47 Å². The van der Waals surface area contributed by atoms with E-state index in [2.05, 4.69) is 5.32 Å². The van der Waals surface area contributed by atoms with Gasteiger partial charge in [-0.1, -0.05) is 0 Å². The number of hydrogen-bond acceptors (Lipinski definition) is 4. The quantitative estimate of drug-likeness (QED) is 0.840. The Morgan fingerprint density at radius 1 is 1.30 bits per heavy atom. The van der Waals surface area contributed by atoms with Crippen molar-refractivity contribution in [1.29, 1.82) is 0 Å². The molecule has 1 atom stereocenters. The van der Waals surface area contributed by atoms with Crippen LogP contribution in [0.5, 0.6) is 0 Å². The molecule has 0 aromatic carbocycles. The molecule has 5 heteroatoms. The standard InChI is InChI=1S/C15H28N2O3/c1-2-19-15(18)17-10-7-13(8-11-17)16-9-6-14-5-3-4-12-20-14/h13-14,16H,2-12H2,1H3. The third kappa shape index (κ3) is 4.94. The highest BCUT2D eigenvalue weighted by atomic mass is 16.6. The minimum Gasteiger partial charge on any atom is -0.450 e. The lowest BCUT2D eigenvalue weighted by Crippen LogP contribution is -2.45. The Morgan fingerprint density at radius 3 is 2.75 bits per heavy atom. The molecule has 0 bridgehead atoms. The van der Waals surface area contributed by atoms with Crippen LogP contribution in [-0.2, 0) is 9.47 Å². The summed E-state index contributed by atoms with van der Waals surface area (Å²) in [4.78, 5) is 13.4. The van der Waals surface area contributed by atoms with Gasteiger partial charge in [-0.15, -0.1) is 0 Å². The van der Waals surface area contributed by atoms with E-state index in [-0.39, 0.29) is 6.09 Å². The molecule has 1 unspecified atom stereocenters. The fraction of sp³-hybridized carbons (Fsp3) is 0.933. The van der Waals surface area contributed by atoms with Gasteiger partial charge in [0.05, 0.1) is 12.7 Å². The van der Waals surface area contributed by atoms with Crippen LogP contribution in [0.25, 0.3) is 0 Å². The smallest absolute Gasteiger partial charge is 0.409 e. The zero-order valence-corrected chi connectivity index (χ0v) is 12.6. The van der Waals surface area contributed by atoms with E-state index in [1.165, 1.54) is 19.3 Å². The Kier molecular flexibility index (Phi) is 6.60. The van der Waals surface area contributed by atoms with Crippen molar-refractivity contribution < 1.29 is 14.3 Å². The van der Waals surface area contributed by atoms with Gasteiger partial charge in [0, 0.05) is 25.7 Å². The molecule has 20 heavy (non-hydrogen) atoms. The first kappa shape index (κ1) is 15.6. The van der Waals surface area contributed by atoms with Crippen LogP contribution in [0.3, 0.4) is 0 Å². The average Bonchev–Trinajstić information content (AvgIpc) is 2.49. The van der Waals surface area contributed by atoms with Crippen molar-refractivity contribution in [3.63, 3.8) is 0 Å². The van der Waals surface area contributed by atoms with Crippen LogP contribution < -0.4 is 5.32 Å². The maximum absolute atomic E-state index is 11.6. The van der Waals surface area contributed by atoms with Crippen molar-refractivity contribution in [2.24, 2.45) is 0 Å². The van der Waals surface area contributed by atoms with E-state index in [0.29, 0.717) is 18.8 Å². The van der Waals surface area contributed by atoms with E-state index < -0.39 is 0 Å². The highest BCUT2D eigenvalue weighted by Gasteiger charge is 2.23. The molecule has 0 saturated carbocycles. The van der Waals surface area contributed by atoms with Crippen molar-refractivity contribution >= 4 is 6.09 Å². The summed E-state index contributed by atoms with van der Waals surface area (Å²) < 4.78 is 10.8. The zero-order valence-electron chi connectivity index (χ0n) is 12.6. The first-order valence-electron chi connectivity index (χ1n) is 8.06. The van der Waals surface area contributed by atoms with Crippen LogP contribution in [0.1, 0.15) is 45.4 Å². The number of piperidine rings is 1. The summed E-state index contributed by atoms with van der Waals surface area (Å²) in [5, 5.41) is 3.60. The van der Waals surface area contributed by atoms with Crippen molar-refractivity contribution in [2.75, 3.05) is 32.8 Å². The second-order valence-corrected chi connectivity index (χ2v) is 5.69. The summed E-state index contributed by atoms with van der Waals surface area (Å²) in [6.45, 7) is 5.86. The van der Waals surface area contributed by atoms with Gasteiger partial charge >= 0.3 is 6.09 Å². The summed E-state index contributed by atoms with van der Waals surface area (Å²) in [6, 6.07) is 0.532. The van der Waals surface area contributed by atoms with Gasteiger partial charge in [0.15, 0.2) is 0 Å². The summed E-state index contributed by atoms with van der Waals surface area (Å²) in [5.74, 6) is 0. The summed E-state index contributed by atoms with van der Waals surface area (Å²) in [6.07, 6.45) is 7.17. The molecule has 0 aliphatic carbocycles. The van der Waals surface area contributed by atoms with Gasteiger partial charge in [0.25, 0.3) is 0 Å². The molecule has 0 radical (unpaired) electrons. The molecular formula is C15H28N2O3. The van der Waals surface area contributed by atoms with Crippen LogP contribution in [-0.4, -0.2) is 56.0 Å². The molecule has 2 saturated heterocycles. The number of ether oxygens (including phenoxy) is 2. The number of nitrogens with zero attached hydrogens (tertiary/aromatic N) is 1. The van der Waals surface area contributed by atoms with Crippen LogP contribution in [0.15, 0.2) is 0 Å². The number of rotatable bonds is 5. The molecular weight excluding hydrogens is 256 g/mol. The predicted molar refractivity (Wildman–Crippen MR) is 77.8 cm³/mol. The number of carbonyl (C=O) groups excluding carboxylic acids is 1. The number of hydrogen-bond donors (Lipinski definition) is 1. The monoisotopic (exact) mass is 284 g/mol. The van der Waals surface area contributed by atoms with Crippen LogP contribution in [0, 0.1) is 0 Å². The molecule has 116 valence electrons. The highest BCUT2D eigenvalue weighted by Crippen LogP contribution is 2.16. The van der Waals surface area contributed by atoms with Crippen LogP contribution in [0.2, 0.25) is 0 Å². The minimum atomic E-state index is -0.165. The largest absolute Gasteiger partial charge is 0.450 e. The second kappa shape index (κ2) is 8.47. The van der Waals surface area contributed by atoms with Crippen molar-refractivity contribution in [3.8, 4) is 0 Å². The van der Waals surface area contributed by atoms with Crippen LogP contribution in [0.4, 0.5) is 4.79 Å². The number of amides is 1. The summed E-state index contributed by atoms with van der Waals surface area (Å²) >= 11 is 0. The fourth-order valence-corrected chi connectivity index (χ4v) is 2.96. The van der Waals surface area contributed by atoms with E-state index in [1.54, 1.807) is 0 Å². The number of nitrogens with one attached hydrogen (secondary N) is 1. The third-order valence-electron chi connectivity index (χ3n) is 4.19. The number of carbonyl (C=O) groups is 1. The molecule has 5 nitrogen and oxygen atoms in total. The topological polar surface area (TPSA) is 50.8 Å². The van der Waals surface area contributed by atoms with Crippen LogP contribution >= 0.6 is 0 Å². The minimum absolute atomic E-state index is 0.165. The number of likely N-dealkylation sites (tertiary alicyclic amines) is 1. The van der Waals surface area contributed by atoms with Crippen molar-refractivity contribution in [2.45, 2.75) is 57.6 Å². The SMILES string of the molecule is CCOC(=O)N1CCC(NCCC2CCCCO2)CC1. The van der Waals surface area contributed by atoms with Crippen molar-refractivity contribution in [3.05, 3.63) is 0 Å². The van der Waals surface area contributed by atoms with Gasteiger partial charge in [-0.25, -0.2) is 4.79 Å². The second-order valence-electron chi connectivity index (χ2n) is 5.69. The van der Waals surface area contributed by atoms with Gasteiger partial charge in [0.2, 0.25) is 0 Å². The summed E-state index contributed by atoms with van der Waals surface area (Å²) in [7, 11) is 0. The van der Waals surface area contributed by atoms with Gasteiger partial charge in [-0.05, 0) is 52.0 Å². The fourth-order valence-electron chi connectivity index (χ4n) is 2.96. The molecule has 0 spiro atoms. The third-order valence-corrected chi connectivity index (χ3v) is 4.19. The zero-order chi connectivity index (χ0) is 14.2. The predicted octanol–water partition coefficient (Wildman–Crippen LogP) is 2.16. The molecule has 1 N–H and O–H groups in total. The Morgan fingerprint density at radius 2 is 2.10 bits per heavy atom. The normalized spacial score (nSPS) is 24.6. The van der Waals surface area contributed by atoms with E-state index in [1.807, 2.05) is 11.8 Å². The summed E-state index contributed by atoms with van der Waals surface area (Å²) in [5.41, 5.74) is 0. The molecule has 2 fully saturated rings. The molecule has 2 aliphatic rings. The lowest BCUT2D eigenvalue weighted by Gasteiger charge is -2.32. The van der Waals surface area contributed by atoms with E-state index in [0.717, 1.165) is 45.5 Å². The molecule has 2 heterocycles. The Hall–Kier alpha value is -0.810. The molecule has 1 amide bonds. The maximum Gasteiger partial charge on any atom is 0.409 e. The molecule has 0 aromatic rings. The molecule has 2 rings (SSSR count).